The lowest BCUT2D eigenvalue weighted by molar-refractivity contribution is -0.119. The third-order valence-electron chi connectivity index (χ3n) is 4.94. The summed E-state index contributed by atoms with van der Waals surface area (Å²) in [6, 6.07) is 12.7. The van der Waals surface area contributed by atoms with Gasteiger partial charge < -0.3 is 10.1 Å². The smallest absolute Gasteiger partial charge is 0.266 e. The first-order chi connectivity index (χ1) is 14.5. The molecule has 1 amide bonds. The number of nitrogens with one attached hydrogen (secondary N) is 1. The number of aryl methyl sites for hydroxylation is 1. The van der Waals surface area contributed by atoms with Crippen LogP contribution in [0, 0.1) is 6.92 Å². The minimum Gasteiger partial charge on any atom is -0.376 e. The van der Waals surface area contributed by atoms with Crippen LogP contribution in [0.5, 0.6) is 0 Å². The van der Waals surface area contributed by atoms with E-state index in [-0.39, 0.29) is 23.3 Å². The Labute approximate surface area is 183 Å². The molecule has 3 aromatic rings. The van der Waals surface area contributed by atoms with Gasteiger partial charge in [-0.3, -0.25) is 14.2 Å². The van der Waals surface area contributed by atoms with Gasteiger partial charge in [0.05, 0.1) is 28.4 Å². The molecule has 0 spiro atoms. The highest BCUT2D eigenvalue weighted by Gasteiger charge is 2.18. The Morgan fingerprint density at radius 3 is 2.97 bits per heavy atom. The molecule has 1 aliphatic rings. The maximum atomic E-state index is 13.3. The maximum absolute atomic E-state index is 13.3. The van der Waals surface area contributed by atoms with E-state index in [1.54, 1.807) is 22.8 Å². The van der Waals surface area contributed by atoms with E-state index in [9.17, 15) is 9.59 Å². The summed E-state index contributed by atoms with van der Waals surface area (Å²) in [6.45, 7) is 3.22. The zero-order valence-electron chi connectivity index (χ0n) is 16.6. The van der Waals surface area contributed by atoms with Gasteiger partial charge in [-0.2, -0.15) is 0 Å². The van der Waals surface area contributed by atoms with Gasteiger partial charge in [0.25, 0.3) is 5.56 Å². The molecule has 1 atom stereocenters. The van der Waals surface area contributed by atoms with Crippen LogP contribution in [0.2, 0.25) is 5.02 Å². The summed E-state index contributed by atoms with van der Waals surface area (Å²) in [7, 11) is 0. The Morgan fingerprint density at radius 1 is 1.33 bits per heavy atom. The van der Waals surface area contributed by atoms with E-state index in [0.29, 0.717) is 33.3 Å². The molecule has 1 saturated heterocycles. The second kappa shape index (κ2) is 9.20. The molecule has 1 unspecified atom stereocenters. The Kier molecular flexibility index (Phi) is 6.41. The van der Waals surface area contributed by atoms with Crippen LogP contribution < -0.4 is 10.9 Å². The second-order valence-corrected chi connectivity index (χ2v) is 8.64. The first-order valence-electron chi connectivity index (χ1n) is 9.82. The normalized spacial score (nSPS) is 16.1. The van der Waals surface area contributed by atoms with Gasteiger partial charge in [0.15, 0.2) is 5.16 Å². The van der Waals surface area contributed by atoms with E-state index in [2.05, 4.69) is 10.3 Å². The predicted molar refractivity (Wildman–Crippen MR) is 120 cm³/mol. The number of aromatic nitrogens is 2. The van der Waals surface area contributed by atoms with Crippen molar-refractivity contribution in [1.82, 2.24) is 14.9 Å². The summed E-state index contributed by atoms with van der Waals surface area (Å²) in [6.07, 6.45) is 2.08. The van der Waals surface area contributed by atoms with Gasteiger partial charge in [-0.15, -0.1) is 0 Å². The Morgan fingerprint density at radius 2 is 2.20 bits per heavy atom. The van der Waals surface area contributed by atoms with Gasteiger partial charge in [-0.25, -0.2) is 4.98 Å². The molecule has 2 heterocycles. The number of rotatable bonds is 6. The Balaban J connectivity index is 1.63. The van der Waals surface area contributed by atoms with Gasteiger partial charge in [0.2, 0.25) is 5.91 Å². The van der Waals surface area contributed by atoms with Crippen LogP contribution in [0.15, 0.2) is 52.4 Å². The largest absolute Gasteiger partial charge is 0.376 e. The highest BCUT2D eigenvalue weighted by Crippen LogP contribution is 2.23. The van der Waals surface area contributed by atoms with Crippen molar-refractivity contribution < 1.29 is 9.53 Å². The second-order valence-electron chi connectivity index (χ2n) is 7.26. The number of nitrogens with zero attached hydrogens (tertiary/aromatic N) is 2. The van der Waals surface area contributed by atoms with Gasteiger partial charge in [-0.1, -0.05) is 35.5 Å². The van der Waals surface area contributed by atoms with Crippen LogP contribution in [0.25, 0.3) is 16.6 Å². The quantitative estimate of drug-likeness (QED) is 0.464. The third kappa shape index (κ3) is 4.69. The van der Waals surface area contributed by atoms with E-state index < -0.39 is 0 Å². The summed E-state index contributed by atoms with van der Waals surface area (Å²) >= 11 is 7.33. The highest BCUT2D eigenvalue weighted by molar-refractivity contribution is 7.99. The van der Waals surface area contributed by atoms with E-state index >= 15 is 0 Å². The van der Waals surface area contributed by atoms with Gasteiger partial charge in [-0.05, 0) is 55.7 Å². The van der Waals surface area contributed by atoms with Crippen molar-refractivity contribution in [3.63, 3.8) is 0 Å². The van der Waals surface area contributed by atoms with Crippen molar-refractivity contribution in [2.24, 2.45) is 0 Å². The summed E-state index contributed by atoms with van der Waals surface area (Å²) in [5.74, 6) is 0.0311. The zero-order chi connectivity index (χ0) is 21.1. The molecule has 2 aromatic carbocycles. The van der Waals surface area contributed by atoms with Crippen LogP contribution >= 0.6 is 23.4 Å². The van der Waals surface area contributed by atoms with E-state index in [1.807, 2.05) is 31.2 Å². The lowest BCUT2D eigenvalue weighted by Crippen LogP contribution is -2.33. The minimum absolute atomic E-state index is 0.0883. The zero-order valence-corrected chi connectivity index (χ0v) is 18.1. The van der Waals surface area contributed by atoms with E-state index in [1.165, 1.54) is 11.8 Å². The molecular weight excluding hydrogens is 422 g/mol. The van der Waals surface area contributed by atoms with Crippen molar-refractivity contribution >= 4 is 40.2 Å². The molecular formula is C22H22ClN3O3S. The van der Waals surface area contributed by atoms with Crippen LogP contribution in [-0.4, -0.2) is 40.5 Å². The molecule has 0 radical (unpaired) electrons. The van der Waals surface area contributed by atoms with Crippen molar-refractivity contribution in [2.45, 2.75) is 31.0 Å². The van der Waals surface area contributed by atoms with Crippen molar-refractivity contribution in [3.8, 4) is 5.69 Å². The van der Waals surface area contributed by atoms with Crippen LogP contribution in [0.4, 0.5) is 0 Å². The standard InChI is InChI=1S/C22H22ClN3O3S/c1-14-4-2-5-16(10-14)26-21(28)18-8-7-15(23)11-19(18)25-22(26)30-13-20(27)24-12-17-6-3-9-29-17/h2,4-5,7-8,10-11,17H,3,6,9,12-13H2,1H3,(H,24,27). The Hall–Kier alpha value is -2.35. The van der Waals surface area contributed by atoms with E-state index in [4.69, 9.17) is 16.3 Å². The average molecular weight is 444 g/mol. The molecule has 0 bridgehead atoms. The highest BCUT2D eigenvalue weighted by atomic mass is 35.5. The first kappa shape index (κ1) is 20.9. The van der Waals surface area contributed by atoms with Gasteiger partial charge in [0, 0.05) is 18.2 Å². The lowest BCUT2D eigenvalue weighted by Gasteiger charge is -2.14. The van der Waals surface area contributed by atoms with Gasteiger partial charge >= 0.3 is 0 Å². The first-order valence-corrected chi connectivity index (χ1v) is 11.2. The topological polar surface area (TPSA) is 73.2 Å². The van der Waals surface area contributed by atoms with Crippen LogP contribution in [0.1, 0.15) is 18.4 Å². The number of carbonyl (C=O) groups excluding carboxylic acids is 1. The number of hydrogen-bond donors (Lipinski definition) is 1. The number of thioether (sulfide) groups is 1. The fourth-order valence-electron chi connectivity index (χ4n) is 3.44. The fraction of sp³-hybridized carbons (Fsp3) is 0.318. The number of carbonyl (C=O) groups is 1. The fourth-order valence-corrected chi connectivity index (χ4v) is 4.45. The Bertz CT molecular complexity index is 1140. The predicted octanol–water partition coefficient (Wildman–Crippen LogP) is 3.73. The number of hydrogen-bond acceptors (Lipinski definition) is 5. The molecule has 1 aliphatic heterocycles. The molecule has 0 aliphatic carbocycles. The van der Waals surface area contributed by atoms with Crippen LogP contribution in [0.3, 0.4) is 0 Å². The van der Waals surface area contributed by atoms with Crippen molar-refractivity contribution in [3.05, 3.63) is 63.4 Å². The molecule has 8 heteroatoms. The molecule has 6 nitrogen and oxygen atoms in total. The molecule has 156 valence electrons. The van der Waals surface area contributed by atoms with Crippen LogP contribution in [-0.2, 0) is 9.53 Å². The summed E-state index contributed by atoms with van der Waals surface area (Å²) in [4.78, 5) is 30.3. The number of amides is 1. The molecule has 30 heavy (non-hydrogen) atoms. The average Bonchev–Trinajstić information content (AvgIpc) is 3.24. The number of ether oxygens (including phenoxy) is 1. The van der Waals surface area contributed by atoms with Crippen molar-refractivity contribution in [1.29, 1.82) is 0 Å². The third-order valence-corrected chi connectivity index (χ3v) is 6.12. The molecule has 1 N–H and O–H groups in total. The number of halogens is 1. The van der Waals surface area contributed by atoms with Crippen molar-refractivity contribution in [2.75, 3.05) is 18.9 Å². The summed E-state index contributed by atoms with van der Waals surface area (Å²) in [5.41, 5.74) is 2.07. The molecule has 0 saturated carbocycles. The minimum atomic E-state index is -0.190. The number of benzene rings is 2. The SMILES string of the molecule is Cc1cccc(-n2c(SCC(=O)NCC3CCCO3)nc3cc(Cl)ccc3c2=O)c1. The maximum Gasteiger partial charge on any atom is 0.266 e. The summed E-state index contributed by atoms with van der Waals surface area (Å²) in [5, 5.41) is 4.34. The lowest BCUT2D eigenvalue weighted by atomic mass is 10.2. The van der Waals surface area contributed by atoms with Gasteiger partial charge in [0.1, 0.15) is 0 Å². The molecule has 4 rings (SSSR count). The number of fused-ring (bicyclic) bond motifs is 1. The molecule has 1 fully saturated rings. The molecule has 1 aromatic heterocycles. The van der Waals surface area contributed by atoms with E-state index in [0.717, 1.165) is 25.0 Å². The monoisotopic (exact) mass is 443 g/mol. The summed E-state index contributed by atoms with van der Waals surface area (Å²) < 4.78 is 7.09.